The van der Waals surface area contributed by atoms with Gasteiger partial charge in [0.15, 0.2) is 5.69 Å². The molecule has 0 radical (unpaired) electrons. The minimum atomic E-state index is -0.621. The lowest BCUT2D eigenvalue weighted by Gasteiger charge is -2.28. The van der Waals surface area contributed by atoms with Gasteiger partial charge in [-0.1, -0.05) is 57.0 Å². The number of nitrogens with zero attached hydrogens (tertiary/aromatic N) is 3. The summed E-state index contributed by atoms with van der Waals surface area (Å²) in [6, 6.07) is 9.42. The fourth-order valence-corrected chi connectivity index (χ4v) is 4.08. The maximum atomic E-state index is 13.4. The minimum absolute atomic E-state index is 0.0237. The normalized spacial score (nSPS) is 15.0. The third kappa shape index (κ3) is 6.09. The van der Waals surface area contributed by atoms with Crippen molar-refractivity contribution < 1.29 is 4.79 Å². The molecule has 3 rings (SSSR count). The first-order valence-corrected chi connectivity index (χ1v) is 11.6. The summed E-state index contributed by atoms with van der Waals surface area (Å²) in [5.74, 6) is 0.212. The van der Waals surface area contributed by atoms with E-state index in [2.05, 4.69) is 23.7 Å². The maximum absolute atomic E-state index is 13.4. The highest BCUT2D eigenvalue weighted by molar-refractivity contribution is 5.96. The van der Waals surface area contributed by atoms with Crippen molar-refractivity contribution in [2.75, 3.05) is 36.8 Å². The molecule has 1 fully saturated rings. The molecule has 1 aliphatic heterocycles. The molecule has 0 atom stereocenters. The molecule has 8 heteroatoms. The van der Waals surface area contributed by atoms with E-state index in [4.69, 9.17) is 5.73 Å². The van der Waals surface area contributed by atoms with Crippen LogP contribution in [-0.4, -0.2) is 46.5 Å². The number of nitrogens with one attached hydrogen (secondary N) is 1. The van der Waals surface area contributed by atoms with Crippen molar-refractivity contribution in [3.05, 3.63) is 56.7 Å². The van der Waals surface area contributed by atoms with Crippen LogP contribution in [0.5, 0.6) is 0 Å². The van der Waals surface area contributed by atoms with Crippen molar-refractivity contribution >= 4 is 17.4 Å². The Bertz CT molecular complexity index is 1000. The Balaban J connectivity index is 1.95. The third-order valence-corrected chi connectivity index (χ3v) is 5.96. The van der Waals surface area contributed by atoms with Gasteiger partial charge in [-0.2, -0.15) is 0 Å². The van der Waals surface area contributed by atoms with E-state index in [1.807, 2.05) is 30.3 Å². The molecule has 1 aromatic carbocycles. The second-order valence-electron chi connectivity index (χ2n) is 8.98. The summed E-state index contributed by atoms with van der Waals surface area (Å²) in [5, 5.41) is 0. The first-order chi connectivity index (χ1) is 15.4. The van der Waals surface area contributed by atoms with Gasteiger partial charge in [-0.15, -0.1) is 0 Å². The summed E-state index contributed by atoms with van der Waals surface area (Å²) >= 11 is 0. The van der Waals surface area contributed by atoms with Crippen LogP contribution in [0.1, 0.15) is 51.5 Å². The van der Waals surface area contributed by atoms with Crippen LogP contribution in [-0.2, 0) is 11.3 Å². The Morgan fingerprint density at radius 1 is 1.09 bits per heavy atom. The molecule has 1 aromatic heterocycles. The maximum Gasteiger partial charge on any atom is 0.330 e. The molecular weight excluding hydrogens is 406 g/mol. The fraction of sp³-hybridized carbons (Fsp3) is 0.542. The van der Waals surface area contributed by atoms with Gasteiger partial charge in [0.25, 0.3) is 5.56 Å². The molecule has 2 heterocycles. The van der Waals surface area contributed by atoms with Crippen LogP contribution >= 0.6 is 0 Å². The van der Waals surface area contributed by atoms with E-state index in [9.17, 15) is 14.4 Å². The molecule has 1 aliphatic rings. The van der Waals surface area contributed by atoms with E-state index < -0.39 is 11.2 Å². The Morgan fingerprint density at radius 3 is 2.38 bits per heavy atom. The zero-order valence-corrected chi connectivity index (χ0v) is 19.2. The summed E-state index contributed by atoms with van der Waals surface area (Å²) in [5.41, 5.74) is 6.12. The summed E-state index contributed by atoms with van der Waals surface area (Å²) < 4.78 is 1.33. The predicted molar refractivity (Wildman–Crippen MR) is 128 cm³/mol. The number of likely N-dealkylation sites (tertiary alicyclic amines) is 1. The van der Waals surface area contributed by atoms with Gasteiger partial charge in [-0.25, -0.2) is 4.79 Å². The SMILES string of the molecule is CC(C)CCN(C(=O)CN1CCCCCC1)c1c(N)n(Cc2ccccc2)c(=O)[nH]c1=O. The first-order valence-electron chi connectivity index (χ1n) is 11.6. The van der Waals surface area contributed by atoms with E-state index in [0.717, 1.165) is 37.9 Å². The number of nitrogen functional groups attached to an aromatic ring is 1. The Labute approximate surface area is 189 Å². The van der Waals surface area contributed by atoms with Gasteiger partial charge < -0.3 is 10.6 Å². The Morgan fingerprint density at radius 2 is 1.75 bits per heavy atom. The molecule has 8 nitrogen and oxygen atoms in total. The number of nitrogens with two attached hydrogens (primary N) is 1. The zero-order chi connectivity index (χ0) is 23.1. The smallest absolute Gasteiger partial charge is 0.330 e. The van der Waals surface area contributed by atoms with Crippen molar-refractivity contribution in [3.8, 4) is 0 Å². The first kappa shape index (κ1) is 23.8. The van der Waals surface area contributed by atoms with Crippen LogP contribution in [0.3, 0.4) is 0 Å². The Hall–Kier alpha value is -2.87. The van der Waals surface area contributed by atoms with Crippen LogP contribution < -0.4 is 21.9 Å². The largest absolute Gasteiger partial charge is 0.383 e. The number of aromatic amines is 1. The number of carbonyl (C=O) groups excluding carboxylic acids is 1. The Kier molecular flexibility index (Phi) is 8.27. The van der Waals surface area contributed by atoms with Crippen LogP contribution in [0.25, 0.3) is 0 Å². The van der Waals surface area contributed by atoms with Crippen LogP contribution in [0.4, 0.5) is 11.5 Å². The highest BCUT2D eigenvalue weighted by Gasteiger charge is 2.26. The summed E-state index contributed by atoms with van der Waals surface area (Å²) in [4.78, 5) is 44.8. The standard InChI is InChI=1S/C24H35N5O3/c1-18(2)12-15-28(20(30)17-27-13-8-3-4-9-14-27)21-22(25)29(24(32)26-23(21)31)16-19-10-6-5-7-11-19/h5-7,10-11,18H,3-4,8-9,12-17,25H2,1-2H3,(H,26,31,32). The molecule has 0 saturated carbocycles. The van der Waals surface area contributed by atoms with Gasteiger partial charge >= 0.3 is 5.69 Å². The number of hydrogen-bond donors (Lipinski definition) is 2. The number of carbonyl (C=O) groups is 1. The van der Waals surface area contributed by atoms with Gasteiger partial charge in [-0.3, -0.25) is 24.0 Å². The van der Waals surface area contributed by atoms with Gasteiger partial charge in [0.1, 0.15) is 5.82 Å². The molecule has 1 saturated heterocycles. The van der Waals surface area contributed by atoms with E-state index in [-0.39, 0.29) is 30.5 Å². The number of H-pyrrole nitrogens is 1. The van der Waals surface area contributed by atoms with Gasteiger partial charge in [-0.05, 0) is 43.8 Å². The molecule has 174 valence electrons. The third-order valence-electron chi connectivity index (χ3n) is 5.96. The van der Waals surface area contributed by atoms with E-state index >= 15 is 0 Å². The topological polar surface area (TPSA) is 104 Å². The lowest BCUT2D eigenvalue weighted by molar-refractivity contribution is -0.119. The number of aromatic nitrogens is 2. The van der Waals surface area contributed by atoms with Gasteiger partial charge in [0.05, 0.1) is 13.1 Å². The van der Waals surface area contributed by atoms with Crippen LogP contribution in [0.2, 0.25) is 0 Å². The molecule has 2 aromatic rings. The number of hydrogen-bond acceptors (Lipinski definition) is 5. The lowest BCUT2D eigenvalue weighted by Crippen LogP contribution is -2.46. The average molecular weight is 442 g/mol. The minimum Gasteiger partial charge on any atom is -0.383 e. The van der Waals surface area contributed by atoms with Gasteiger partial charge in [0.2, 0.25) is 5.91 Å². The van der Waals surface area contributed by atoms with E-state index in [1.165, 1.54) is 22.3 Å². The molecule has 0 spiro atoms. The van der Waals surface area contributed by atoms with Crippen LogP contribution in [0, 0.1) is 5.92 Å². The van der Waals surface area contributed by atoms with Crippen molar-refractivity contribution in [2.24, 2.45) is 5.92 Å². The predicted octanol–water partition coefficient (Wildman–Crippen LogP) is 2.42. The van der Waals surface area contributed by atoms with E-state index in [0.29, 0.717) is 12.5 Å². The molecular formula is C24H35N5O3. The molecule has 0 bridgehead atoms. The lowest BCUT2D eigenvalue weighted by atomic mass is 10.1. The van der Waals surface area contributed by atoms with Crippen molar-refractivity contribution in [1.29, 1.82) is 0 Å². The summed E-state index contributed by atoms with van der Waals surface area (Å²) in [7, 11) is 0. The second kappa shape index (κ2) is 11.1. The van der Waals surface area contributed by atoms with Crippen molar-refractivity contribution in [1.82, 2.24) is 14.5 Å². The zero-order valence-electron chi connectivity index (χ0n) is 19.2. The molecule has 1 amide bonds. The van der Waals surface area contributed by atoms with Crippen molar-refractivity contribution in [2.45, 2.75) is 52.5 Å². The molecule has 0 unspecified atom stereocenters. The van der Waals surface area contributed by atoms with Gasteiger partial charge in [0, 0.05) is 6.54 Å². The highest BCUT2D eigenvalue weighted by atomic mass is 16.2. The monoisotopic (exact) mass is 441 g/mol. The number of amides is 1. The number of benzene rings is 1. The van der Waals surface area contributed by atoms with Crippen molar-refractivity contribution in [3.63, 3.8) is 0 Å². The summed E-state index contributed by atoms with van der Waals surface area (Å²) in [6.45, 7) is 6.73. The number of anilines is 2. The highest BCUT2D eigenvalue weighted by Crippen LogP contribution is 2.20. The average Bonchev–Trinajstić information content (AvgIpc) is 3.02. The summed E-state index contributed by atoms with van der Waals surface area (Å²) in [6.07, 6.45) is 5.23. The molecule has 32 heavy (non-hydrogen) atoms. The number of rotatable bonds is 8. The fourth-order valence-electron chi connectivity index (χ4n) is 4.08. The quantitative estimate of drug-likeness (QED) is 0.655. The second-order valence-corrected chi connectivity index (χ2v) is 8.98. The van der Waals surface area contributed by atoms with E-state index in [1.54, 1.807) is 0 Å². The molecule has 0 aliphatic carbocycles. The van der Waals surface area contributed by atoms with Crippen LogP contribution in [0.15, 0.2) is 39.9 Å². The molecule has 3 N–H and O–H groups in total.